The molecule has 1 aliphatic heterocycles. The lowest BCUT2D eigenvalue weighted by molar-refractivity contribution is -0.113. The molecule has 0 bridgehead atoms. The van der Waals surface area contributed by atoms with Crippen LogP contribution in [0.4, 0.5) is 14.9 Å². The predicted octanol–water partition coefficient (Wildman–Crippen LogP) is 7.06. The highest BCUT2D eigenvalue weighted by Gasteiger charge is 2.36. The molecule has 0 radical (unpaired) electrons. The van der Waals surface area contributed by atoms with Crippen molar-refractivity contribution in [2.45, 2.75) is 6.61 Å². The second-order valence-corrected chi connectivity index (χ2v) is 8.89. The van der Waals surface area contributed by atoms with Crippen LogP contribution in [0, 0.1) is 5.82 Å². The summed E-state index contributed by atoms with van der Waals surface area (Å²) in [5, 5.41) is 0.156. The number of benzene rings is 3. The third-order valence-corrected chi connectivity index (χ3v) is 6.16. The average molecular weight is 519 g/mol. The molecule has 0 saturated carbocycles. The van der Waals surface area contributed by atoms with Gasteiger partial charge in [-0.15, -0.1) is 0 Å². The molecule has 1 aliphatic rings. The van der Waals surface area contributed by atoms with E-state index in [1.165, 1.54) is 12.1 Å². The molecular formula is C23H14BrClFNO3S. The van der Waals surface area contributed by atoms with Crippen molar-refractivity contribution in [2.24, 2.45) is 0 Å². The maximum atomic E-state index is 13.3. The topological polar surface area (TPSA) is 46.6 Å². The molecule has 8 heteroatoms. The Labute approximate surface area is 195 Å². The zero-order chi connectivity index (χ0) is 22.0. The van der Waals surface area contributed by atoms with Gasteiger partial charge in [-0.2, -0.15) is 0 Å². The van der Waals surface area contributed by atoms with Crippen LogP contribution in [0.15, 0.2) is 76.1 Å². The van der Waals surface area contributed by atoms with Crippen LogP contribution in [0.25, 0.3) is 6.08 Å². The van der Waals surface area contributed by atoms with Crippen LogP contribution in [0.3, 0.4) is 0 Å². The molecule has 31 heavy (non-hydrogen) atoms. The number of carbonyl (C=O) groups excluding carboxylic acids is 2. The van der Waals surface area contributed by atoms with Gasteiger partial charge >= 0.3 is 0 Å². The van der Waals surface area contributed by atoms with Gasteiger partial charge in [-0.1, -0.05) is 29.8 Å². The summed E-state index contributed by atoms with van der Waals surface area (Å²) < 4.78 is 19.7. The summed E-state index contributed by atoms with van der Waals surface area (Å²) in [5.74, 6) is -0.126. The quantitative estimate of drug-likeness (QED) is 0.339. The Balaban J connectivity index is 1.49. The number of rotatable bonds is 5. The maximum absolute atomic E-state index is 13.3. The number of imide groups is 1. The third-order valence-electron chi connectivity index (χ3n) is 4.42. The van der Waals surface area contributed by atoms with Gasteiger partial charge in [0.25, 0.3) is 11.1 Å². The molecule has 3 aromatic rings. The van der Waals surface area contributed by atoms with Crippen LogP contribution in [-0.4, -0.2) is 11.1 Å². The van der Waals surface area contributed by atoms with Crippen molar-refractivity contribution in [3.8, 4) is 5.75 Å². The van der Waals surface area contributed by atoms with Gasteiger partial charge in [0, 0.05) is 5.02 Å². The predicted molar refractivity (Wildman–Crippen MR) is 125 cm³/mol. The van der Waals surface area contributed by atoms with E-state index in [-0.39, 0.29) is 23.6 Å². The summed E-state index contributed by atoms with van der Waals surface area (Å²) in [5.41, 5.74) is 1.91. The van der Waals surface area contributed by atoms with Crippen LogP contribution in [-0.2, 0) is 11.4 Å². The van der Waals surface area contributed by atoms with E-state index in [4.69, 9.17) is 16.3 Å². The van der Waals surface area contributed by atoms with E-state index in [2.05, 4.69) is 15.9 Å². The lowest BCUT2D eigenvalue weighted by atomic mass is 10.2. The highest BCUT2D eigenvalue weighted by Crippen LogP contribution is 2.37. The normalized spacial score (nSPS) is 15.1. The van der Waals surface area contributed by atoms with Gasteiger partial charge in [-0.3, -0.25) is 9.59 Å². The van der Waals surface area contributed by atoms with Crippen molar-refractivity contribution >= 4 is 62.2 Å². The van der Waals surface area contributed by atoms with E-state index in [0.29, 0.717) is 31.4 Å². The van der Waals surface area contributed by atoms with Crippen LogP contribution >= 0.6 is 39.3 Å². The van der Waals surface area contributed by atoms with Crippen LogP contribution < -0.4 is 9.64 Å². The van der Waals surface area contributed by atoms with Crippen LogP contribution in [0.1, 0.15) is 11.1 Å². The molecule has 3 aromatic carbocycles. The molecule has 0 atom stereocenters. The Kier molecular flexibility index (Phi) is 6.46. The SMILES string of the molecule is O=C1S/C(=C/c2ccc(OCc3cccc(F)c3)c(Br)c2)C(=O)N1c1ccc(Cl)cc1. The average Bonchev–Trinajstić information content (AvgIpc) is 3.01. The second-order valence-electron chi connectivity index (χ2n) is 6.60. The van der Waals surface area contributed by atoms with Gasteiger partial charge in [-0.05, 0) is 93.4 Å². The molecule has 2 amide bonds. The number of nitrogens with zero attached hydrogens (tertiary/aromatic N) is 1. The Bertz CT molecular complexity index is 1200. The summed E-state index contributed by atoms with van der Waals surface area (Å²) in [4.78, 5) is 26.6. The number of ether oxygens (including phenoxy) is 1. The summed E-state index contributed by atoms with van der Waals surface area (Å²) in [6.07, 6.45) is 1.65. The standard InChI is InChI=1S/C23H14BrClFNO3S/c24-19-11-14(4-9-20(19)30-13-15-2-1-3-17(26)10-15)12-21-22(28)27(23(29)31-21)18-7-5-16(25)6-8-18/h1-12H,13H2/b21-12+. The molecule has 0 spiro atoms. The van der Waals surface area contributed by atoms with Crippen LogP contribution in [0.5, 0.6) is 5.75 Å². The van der Waals surface area contributed by atoms with Gasteiger partial charge in [-0.25, -0.2) is 9.29 Å². The first-order chi connectivity index (χ1) is 14.9. The molecule has 156 valence electrons. The van der Waals surface area contributed by atoms with Crippen LogP contribution in [0.2, 0.25) is 5.02 Å². The van der Waals surface area contributed by atoms with Gasteiger partial charge < -0.3 is 4.74 Å². The minimum absolute atomic E-state index is 0.218. The van der Waals surface area contributed by atoms with E-state index in [0.717, 1.165) is 22.2 Å². The fourth-order valence-electron chi connectivity index (χ4n) is 2.94. The van der Waals surface area contributed by atoms with Gasteiger partial charge in [0.15, 0.2) is 0 Å². The molecule has 0 unspecified atom stereocenters. The molecule has 0 N–H and O–H groups in total. The highest BCUT2D eigenvalue weighted by molar-refractivity contribution is 9.10. The number of anilines is 1. The van der Waals surface area contributed by atoms with E-state index in [9.17, 15) is 14.0 Å². The molecule has 4 rings (SSSR count). The van der Waals surface area contributed by atoms with E-state index < -0.39 is 0 Å². The fourth-order valence-corrected chi connectivity index (χ4v) is 4.42. The van der Waals surface area contributed by atoms with Gasteiger partial charge in [0.05, 0.1) is 15.1 Å². The summed E-state index contributed by atoms with van der Waals surface area (Å²) in [6, 6.07) is 18.0. The molecule has 0 aliphatic carbocycles. The van der Waals surface area contributed by atoms with Crippen molar-refractivity contribution in [3.05, 3.63) is 98.1 Å². The fraction of sp³-hybridized carbons (Fsp3) is 0.0435. The molecule has 0 aromatic heterocycles. The smallest absolute Gasteiger partial charge is 0.298 e. The lowest BCUT2D eigenvalue weighted by Crippen LogP contribution is -2.27. The van der Waals surface area contributed by atoms with E-state index in [1.54, 1.807) is 60.7 Å². The molecular weight excluding hydrogens is 505 g/mol. The van der Waals surface area contributed by atoms with E-state index >= 15 is 0 Å². The number of hydrogen-bond donors (Lipinski definition) is 0. The number of hydrogen-bond acceptors (Lipinski definition) is 4. The van der Waals surface area contributed by atoms with E-state index in [1.807, 2.05) is 0 Å². The van der Waals surface area contributed by atoms with Gasteiger partial charge in [0.2, 0.25) is 0 Å². The number of amides is 2. The minimum Gasteiger partial charge on any atom is -0.488 e. The van der Waals surface area contributed by atoms with Crippen molar-refractivity contribution in [3.63, 3.8) is 0 Å². The van der Waals surface area contributed by atoms with Gasteiger partial charge in [0.1, 0.15) is 18.2 Å². The molecule has 1 saturated heterocycles. The van der Waals surface area contributed by atoms with Crippen molar-refractivity contribution in [2.75, 3.05) is 4.90 Å². The van der Waals surface area contributed by atoms with Crippen molar-refractivity contribution in [1.82, 2.24) is 0 Å². The molecule has 1 heterocycles. The number of thioether (sulfide) groups is 1. The molecule has 4 nitrogen and oxygen atoms in total. The first-order valence-corrected chi connectivity index (χ1v) is 11.1. The monoisotopic (exact) mass is 517 g/mol. The summed E-state index contributed by atoms with van der Waals surface area (Å²) >= 11 is 10.2. The largest absolute Gasteiger partial charge is 0.488 e. The summed E-state index contributed by atoms with van der Waals surface area (Å²) in [7, 11) is 0. The Hall–Kier alpha value is -2.61. The van der Waals surface area contributed by atoms with Crippen molar-refractivity contribution in [1.29, 1.82) is 0 Å². The van der Waals surface area contributed by atoms with Crippen molar-refractivity contribution < 1.29 is 18.7 Å². The highest BCUT2D eigenvalue weighted by atomic mass is 79.9. The third kappa shape index (κ3) is 5.01. The Morgan fingerprint density at radius 3 is 2.55 bits per heavy atom. The number of halogens is 3. The zero-order valence-electron chi connectivity index (χ0n) is 15.8. The zero-order valence-corrected chi connectivity index (χ0v) is 19.0. The minimum atomic E-state index is -0.389. The second kappa shape index (κ2) is 9.26. The molecule has 1 fully saturated rings. The Morgan fingerprint density at radius 1 is 1.06 bits per heavy atom. The first kappa shape index (κ1) is 21.6. The maximum Gasteiger partial charge on any atom is 0.298 e. The first-order valence-electron chi connectivity index (χ1n) is 9.11. The number of carbonyl (C=O) groups is 2. The lowest BCUT2D eigenvalue weighted by Gasteiger charge is -2.12. The Morgan fingerprint density at radius 2 is 1.84 bits per heavy atom. The summed E-state index contributed by atoms with van der Waals surface area (Å²) in [6.45, 7) is 0.218.